The second kappa shape index (κ2) is 17.9. The number of imidazole rings is 2. The highest BCUT2D eigenvalue weighted by Crippen LogP contribution is 2.36. The first kappa shape index (κ1) is 41.0. The van der Waals surface area contributed by atoms with Crippen LogP contribution in [0.1, 0.15) is 37.1 Å². The van der Waals surface area contributed by atoms with Crippen LogP contribution in [0.4, 0.5) is 14.6 Å². The number of hydrogen-bond donors (Lipinski definition) is 4. The minimum Gasteiger partial charge on any atom is -0.362 e. The van der Waals surface area contributed by atoms with Crippen molar-refractivity contribution < 1.29 is 8.78 Å². The van der Waals surface area contributed by atoms with Crippen molar-refractivity contribution in [2.24, 2.45) is 5.73 Å². The van der Waals surface area contributed by atoms with E-state index in [0.29, 0.717) is 76.9 Å². The molecule has 0 amide bonds. The number of nitrogens with zero attached hydrogens (tertiary/aromatic N) is 8. The topological polar surface area (TPSA) is 173 Å². The second-order valence-corrected chi connectivity index (χ2v) is 14.9. The van der Waals surface area contributed by atoms with Crippen LogP contribution in [-0.2, 0) is 0 Å². The van der Waals surface area contributed by atoms with Crippen molar-refractivity contribution >= 4 is 84.8 Å². The molecule has 6 heterocycles. The zero-order valence-electron chi connectivity index (χ0n) is 32.2. The quantitative estimate of drug-likeness (QED) is 0.118. The molecule has 6 aromatic heterocycles. The lowest BCUT2D eigenvalue weighted by Gasteiger charge is -2.20. The van der Waals surface area contributed by atoms with Crippen LogP contribution in [-0.4, -0.2) is 49.8 Å². The number of fused-ring (bicyclic) bond motifs is 4. The monoisotopic (exact) mass is 872 g/mol. The molecule has 0 radical (unpaired) electrons. The summed E-state index contributed by atoms with van der Waals surface area (Å²) in [4.78, 5) is 39.3. The van der Waals surface area contributed by atoms with Crippen molar-refractivity contribution in [3.8, 4) is 22.5 Å². The summed E-state index contributed by atoms with van der Waals surface area (Å²) >= 11 is 18.2. The number of benzene rings is 4. The molecule has 61 heavy (non-hydrogen) atoms. The molecular weight excluding hydrogens is 841 g/mol. The van der Waals surface area contributed by atoms with Crippen molar-refractivity contribution in [2.75, 3.05) is 5.32 Å². The van der Waals surface area contributed by atoms with Crippen molar-refractivity contribution in [1.82, 2.24) is 49.8 Å². The van der Waals surface area contributed by atoms with E-state index in [9.17, 15) is 8.78 Å². The summed E-state index contributed by atoms with van der Waals surface area (Å²) in [6, 6.07) is 27.7. The molecule has 0 aliphatic carbocycles. The highest BCUT2D eigenvalue weighted by atomic mass is 35.5. The number of aromatic amines is 2. The number of pyridine rings is 2. The molecule has 0 aliphatic rings. The fourth-order valence-electron chi connectivity index (χ4n) is 6.67. The number of para-hydroxylation sites is 2. The molecule has 0 aliphatic heterocycles. The molecule has 0 saturated carbocycles. The van der Waals surface area contributed by atoms with Crippen LogP contribution >= 0.6 is 34.8 Å². The van der Waals surface area contributed by atoms with Crippen LogP contribution in [0, 0.1) is 11.6 Å². The molecule has 5 N–H and O–H groups in total. The molecule has 304 valence electrons. The number of H-pyrrole nitrogens is 2. The van der Waals surface area contributed by atoms with Gasteiger partial charge in [-0.3, -0.25) is 0 Å². The Hall–Kier alpha value is -6.71. The summed E-state index contributed by atoms with van der Waals surface area (Å²) in [7, 11) is 0. The Balaban J connectivity index is 0.000000143. The van der Waals surface area contributed by atoms with Gasteiger partial charge in [-0.2, -0.15) is 0 Å². The van der Waals surface area contributed by atoms with E-state index in [1.54, 1.807) is 54.9 Å². The fourth-order valence-corrected chi connectivity index (χ4v) is 7.30. The normalized spacial score (nSPS) is 12.1. The fraction of sp³-hybridized carbons (Fsp3) is 0.0909. The Morgan fingerprint density at radius 2 is 1.10 bits per heavy atom. The van der Waals surface area contributed by atoms with Gasteiger partial charge in [0.25, 0.3) is 0 Å². The largest absolute Gasteiger partial charge is 0.362 e. The Kier molecular flexibility index (Phi) is 12.0. The molecule has 0 unspecified atom stereocenters. The van der Waals surface area contributed by atoms with Gasteiger partial charge in [-0.1, -0.05) is 83.3 Å². The predicted octanol–water partition coefficient (Wildman–Crippen LogP) is 11.3. The van der Waals surface area contributed by atoms with E-state index in [0.717, 1.165) is 21.9 Å². The van der Waals surface area contributed by atoms with Gasteiger partial charge in [0, 0.05) is 33.5 Å². The number of nitrogens with one attached hydrogen (secondary N) is 3. The summed E-state index contributed by atoms with van der Waals surface area (Å²) in [5.41, 5.74) is 13.4. The van der Waals surface area contributed by atoms with E-state index < -0.39 is 0 Å². The number of rotatable bonds is 6. The Labute approximate surface area is 361 Å². The van der Waals surface area contributed by atoms with Crippen LogP contribution in [0.25, 0.3) is 66.6 Å². The van der Waals surface area contributed by atoms with Crippen molar-refractivity contribution in [1.29, 1.82) is 0 Å². The van der Waals surface area contributed by atoms with Gasteiger partial charge in [-0.25, -0.2) is 48.7 Å². The summed E-state index contributed by atoms with van der Waals surface area (Å²) in [6.07, 6.45) is 5.94. The van der Waals surface area contributed by atoms with E-state index in [2.05, 4.69) is 50.2 Å². The highest BCUT2D eigenvalue weighted by Gasteiger charge is 2.20. The number of hydrogen-bond acceptors (Lipinski definition) is 10. The van der Waals surface area contributed by atoms with Gasteiger partial charge >= 0.3 is 0 Å². The maximum absolute atomic E-state index is 14.7. The van der Waals surface area contributed by atoms with Gasteiger partial charge in [0.05, 0.1) is 51.2 Å². The maximum Gasteiger partial charge on any atom is 0.182 e. The zero-order chi connectivity index (χ0) is 42.6. The lowest BCUT2D eigenvalue weighted by molar-refractivity contribution is 0.630. The molecule has 2 atom stereocenters. The van der Waals surface area contributed by atoms with Crippen LogP contribution in [0.3, 0.4) is 0 Å². The molecule has 4 aromatic carbocycles. The Morgan fingerprint density at radius 1 is 0.590 bits per heavy atom. The predicted molar refractivity (Wildman–Crippen MR) is 237 cm³/mol. The smallest absolute Gasteiger partial charge is 0.182 e. The minimum absolute atomic E-state index is 0.239. The molecule has 17 heteroatoms. The van der Waals surface area contributed by atoms with Crippen molar-refractivity contribution in [2.45, 2.75) is 25.9 Å². The van der Waals surface area contributed by atoms with Gasteiger partial charge in [0.15, 0.2) is 22.3 Å². The van der Waals surface area contributed by atoms with Crippen LogP contribution in [0.15, 0.2) is 122 Å². The van der Waals surface area contributed by atoms with Crippen LogP contribution < -0.4 is 11.1 Å². The summed E-state index contributed by atoms with van der Waals surface area (Å²) in [6.45, 7) is 3.83. The summed E-state index contributed by atoms with van der Waals surface area (Å²) < 4.78 is 28.8. The van der Waals surface area contributed by atoms with Gasteiger partial charge in [-0.05, 0) is 67.9 Å². The summed E-state index contributed by atoms with van der Waals surface area (Å²) in [5, 5.41) is 6.62. The van der Waals surface area contributed by atoms with Crippen molar-refractivity contribution in [3.05, 3.63) is 160 Å². The first-order valence-corrected chi connectivity index (χ1v) is 19.8. The average Bonchev–Trinajstić information content (AvgIpc) is 3.96. The van der Waals surface area contributed by atoms with E-state index in [-0.39, 0.29) is 23.7 Å². The minimum atomic E-state index is -0.345. The third kappa shape index (κ3) is 8.65. The molecule has 0 bridgehead atoms. The van der Waals surface area contributed by atoms with Crippen LogP contribution in [0.2, 0.25) is 15.2 Å². The third-order valence-electron chi connectivity index (χ3n) is 9.62. The average molecular weight is 874 g/mol. The molecule has 12 nitrogen and oxygen atoms in total. The van der Waals surface area contributed by atoms with E-state index >= 15 is 0 Å². The van der Waals surface area contributed by atoms with E-state index in [1.165, 1.54) is 31.1 Å². The molecule has 0 spiro atoms. The molecular formula is C44H33Cl3F2N12. The van der Waals surface area contributed by atoms with Crippen molar-refractivity contribution in [3.63, 3.8) is 0 Å². The SMILES string of the molecule is C[C@H](N)c1cc2cccc(Cl)c2nc1-c1ccccc1F.C[C@H](Nc1ncnc2nc[nH]c12)c1cc2cccc(Cl)c2nc1-c1ccccc1F.Clc1ncnc2nc[nH]c12. The number of nitrogens with two attached hydrogens (primary N) is 1. The van der Waals surface area contributed by atoms with E-state index in [1.807, 2.05) is 50.2 Å². The lowest BCUT2D eigenvalue weighted by atomic mass is 9.98. The molecule has 10 rings (SSSR count). The first-order valence-electron chi connectivity index (χ1n) is 18.7. The van der Waals surface area contributed by atoms with Crippen LogP contribution in [0.5, 0.6) is 0 Å². The Morgan fingerprint density at radius 3 is 1.66 bits per heavy atom. The number of anilines is 1. The maximum atomic E-state index is 14.7. The molecule has 10 aromatic rings. The van der Waals surface area contributed by atoms with Gasteiger partial charge < -0.3 is 21.0 Å². The number of halogens is 5. The first-order chi connectivity index (χ1) is 29.6. The molecule has 0 saturated heterocycles. The third-order valence-corrected chi connectivity index (χ3v) is 10.5. The summed E-state index contributed by atoms with van der Waals surface area (Å²) in [5.74, 6) is -0.0585. The van der Waals surface area contributed by atoms with Gasteiger partial charge in [0.2, 0.25) is 0 Å². The van der Waals surface area contributed by atoms with E-state index in [4.69, 9.17) is 45.5 Å². The number of aromatic nitrogens is 10. The van der Waals surface area contributed by atoms with Gasteiger partial charge in [-0.15, -0.1) is 0 Å². The molecule has 0 fully saturated rings. The second-order valence-electron chi connectivity index (χ2n) is 13.7. The highest BCUT2D eigenvalue weighted by molar-refractivity contribution is 6.35. The Bertz CT molecular complexity index is 3180. The van der Waals surface area contributed by atoms with Gasteiger partial charge in [0.1, 0.15) is 35.3 Å². The lowest BCUT2D eigenvalue weighted by Crippen LogP contribution is -2.11. The standard InChI is InChI=1S/C22H16ClFN6.C17H14ClFN2.C5H3ClN4/c1-12(29-22-20-21(26-10-25-20)27-11-28-22)15-9-13-5-4-7-16(23)18(13)30-19(15)14-6-2-3-8-17(14)24;1-10(20)13-9-11-5-4-7-14(18)16(11)21-17(13)12-6-2-3-8-15(12)19;6-4-3-5(9-1-7-3)10-2-8-4/h2-12H,1H3,(H2,25,26,27,28,29);2-10H,20H2,1H3;1-2H,(H,7,8,9,10)/t12-;10-;/m00./s1. The zero-order valence-corrected chi connectivity index (χ0v) is 34.5.